The van der Waals surface area contributed by atoms with E-state index in [9.17, 15) is 4.79 Å². The van der Waals surface area contributed by atoms with Gasteiger partial charge in [-0.25, -0.2) is 0 Å². The van der Waals surface area contributed by atoms with Gasteiger partial charge in [-0.05, 0) is 48.8 Å². The Morgan fingerprint density at radius 3 is 2.55 bits per heavy atom. The van der Waals surface area contributed by atoms with Gasteiger partial charge < -0.3 is 4.98 Å². The second-order valence-electron chi connectivity index (χ2n) is 7.31. The maximum atomic E-state index is 13.3. The summed E-state index contributed by atoms with van der Waals surface area (Å²) in [6.07, 6.45) is 4.70. The number of thioether (sulfide) groups is 1. The van der Waals surface area contributed by atoms with E-state index in [-0.39, 0.29) is 5.78 Å². The highest BCUT2D eigenvalue weighted by molar-refractivity contribution is 7.99. The Labute approximate surface area is 175 Å². The predicted octanol–water partition coefficient (Wildman–Crippen LogP) is 6.39. The van der Waals surface area contributed by atoms with Crippen molar-refractivity contribution in [2.45, 2.75) is 31.1 Å². The number of fused-ring (bicyclic) bond motifs is 1. The van der Waals surface area contributed by atoms with Crippen molar-refractivity contribution >= 4 is 28.4 Å². The van der Waals surface area contributed by atoms with Gasteiger partial charge >= 0.3 is 0 Å². The van der Waals surface area contributed by atoms with Gasteiger partial charge in [-0.3, -0.25) is 9.78 Å². The molecule has 4 rings (SSSR count). The van der Waals surface area contributed by atoms with Gasteiger partial charge in [0, 0.05) is 39.4 Å². The number of hydrogen-bond acceptors (Lipinski definition) is 3. The zero-order valence-corrected chi connectivity index (χ0v) is 17.5. The Morgan fingerprint density at radius 2 is 1.79 bits per heavy atom. The van der Waals surface area contributed by atoms with E-state index in [0.717, 1.165) is 39.9 Å². The van der Waals surface area contributed by atoms with Crippen molar-refractivity contribution < 1.29 is 4.79 Å². The van der Waals surface area contributed by atoms with Gasteiger partial charge in [0.25, 0.3) is 0 Å². The molecule has 146 valence electrons. The van der Waals surface area contributed by atoms with E-state index in [4.69, 9.17) is 0 Å². The van der Waals surface area contributed by atoms with E-state index in [2.05, 4.69) is 35.1 Å². The summed E-state index contributed by atoms with van der Waals surface area (Å²) in [4.78, 5) is 22.0. The summed E-state index contributed by atoms with van der Waals surface area (Å²) < 4.78 is 0. The normalized spacial score (nSPS) is 12.2. The van der Waals surface area contributed by atoms with E-state index < -0.39 is 0 Å². The largest absolute Gasteiger partial charge is 0.358 e. The highest BCUT2D eigenvalue weighted by Crippen LogP contribution is 2.34. The Hall–Kier alpha value is -2.85. The number of H-pyrrole nitrogens is 1. The first-order valence-corrected chi connectivity index (χ1v) is 10.9. The van der Waals surface area contributed by atoms with Crippen LogP contribution in [0.25, 0.3) is 10.9 Å². The van der Waals surface area contributed by atoms with Gasteiger partial charge in [0.15, 0.2) is 5.78 Å². The molecule has 3 nitrogen and oxygen atoms in total. The molecular weight excluding hydrogens is 376 g/mol. The number of aryl methyl sites for hydroxylation is 1. The van der Waals surface area contributed by atoms with Crippen LogP contribution in [-0.2, 0) is 0 Å². The average Bonchev–Trinajstić information content (AvgIpc) is 3.10. The Balaban J connectivity index is 1.63. The van der Waals surface area contributed by atoms with E-state index in [1.54, 1.807) is 0 Å². The SMILES string of the molecule is Cc1[nH]c2cccc(C(C)CCSc3ccncc3)c2c1C(=O)c1ccccc1. The molecule has 1 N–H and O–H groups in total. The molecule has 2 heterocycles. The molecule has 0 aliphatic rings. The second kappa shape index (κ2) is 8.66. The fourth-order valence-electron chi connectivity index (χ4n) is 3.78. The fraction of sp³-hybridized carbons (Fsp3) is 0.200. The average molecular weight is 401 g/mol. The summed E-state index contributed by atoms with van der Waals surface area (Å²) in [7, 11) is 0. The molecule has 29 heavy (non-hydrogen) atoms. The summed E-state index contributed by atoms with van der Waals surface area (Å²) >= 11 is 1.85. The van der Waals surface area contributed by atoms with E-state index in [0.29, 0.717) is 5.92 Å². The minimum atomic E-state index is 0.0835. The van der Waals surface area contributed by atoms with Crippen molar-refractivity contribution in [1.82, 2.24) is 9.97 Å². The number of carbonyl (C=O) groups excluding carboxylic acids is 1. The van der Waals surface area contributed by atoms with E-state index in [1.807, 2.05) is 73.5 Å². The number of ketones is 1. The van der Waals surface area contributed by atoms with Crippen molar-refractivity contribution in [3.05, 3.63) is 95.4 Å². The minimum absolute atomic E-state index is 0.0835. The van der Waals surface area contributed by atoms with E-state index >= 15 is 0 Å². The standard InChI is InChI=1S/C25H24N2OS/c1-17(13-16-29-20-11-14-26-15-12-20)21-9-6-10-22-24(21)23(18(2)27-22)25(28)19-7-4-3-5-8-19/h3-12,14-15,17,27H,13,16H2,1-2H3. The molecule has 0 spiro atoms. The van der Waals surface area contributed by atoms with E-state index in [1.165, 1.54) is 10.5 Å². The molecule has 0 radical (unpaired) electrons. The lowest BCUT2D eigenvalue weighted by Gasteiger charge is -2.14. The first-order chi connectivity index (χ1) is 14.1. The minimum Gasteiger partial charge on any atom is -0.358 e. The third-order valence-electron chi connectivity index (χ3n) is 5.31. The van der Waals surface area contributed by atoms with Crippen LogP contribution in [0.4, 0.5) is 0 Å². The van der Waals surface area contributed by atoms with Crippen LogP contribution in [0.15, 0.2) is 78.0 Å². The van der Waals surface area contributed by atoms with Crippen molar-refractivity contribution in [2.75, 3.05) is 5.75 Å². The quantitative estimate of drug-likeness (QED) is 0.289. The van der Waals surface area contributed by atoms with Gasteiger partial charge in [-0.1, -0.05) is 49.4 Å². The first kappa shape index (κ1) is 19.5. The number of nitrogens with one attached hydrogen (secondary N) is 1. The van der Waals surface area contributed by atoms with Crippen molar-refractivity contribution in [1.29, 1.82) is 0 Å². The topological polar surface area (TPSA) is 45.8 Å². The maximum Gasteiger partial charge on any atom is 0.195 e. The third-order valence-corrected chi connectivity index (χ3v) is 6.35. The molecule has 2 aromatic carbocycles. The van der Waals surface area contributed by atoms with Crippen LogP contribution in [-0.4, -0.2) is 21.5 Å². The zero-order valence-electron chi connectivity index (χ0n) is 16.7. The molecular formula is C25H24N2OS. The van der Waals surface area contributed by atoms with Crippen molar-refractivity contribution in [2.24, 2.45) is 0 Å². The van der Waals surface area contributed by atoms with Crippen LogP contribution in [0.1, 0.15) is 46.4 Å². The van der Waals surface area contributed by atoms with Crippen LogP contribution < -0.4 is 0 Å². The molecule has 4 heteroatoms. The second-order valence-corrected chi connectivity index (χ2v) is 8.48. The van der Waals surface area contributed by atoms with Gasteiger partial charge in [-0.2, -0.15) is 0 Å². The van der Waals surface area contributed by atoms with Crippen LogP contribution in [0.2, 0.25) is 0 Å². The lowest BCUT2D eigenvalue weighted by Crippen LogP contribution is -2.04. The van der Waals surface area contributed by atoms with Gasteiger partial charge in [0.05, 0.1) is 5.56 Å². The van der Waals surface area contributed by atoms with Gasteiger partial charge in [0.1, 0.15) is 0 Å². The smallest absolute Gasteiger partial charge is 0.195 e. The van der Waals surface area contributed by atoms with Gasteiger partial charge in [0.2, 0.25) is 0 Å². The van der Waals surface area contributed by atoms with Crippen molar-refractivity contribution in [3.63, 3.8) is 0 Å². The van der Waals surface area contributed by atoms with Crippen LogP contribution in [0.5, 0.6) is 0 Å². The third kappa shape index (κ3) is 4.13. The molecule has 1 atom stereocenters. The summed E-state index contributed by atoms with van der Waals surface area (Å²) in [5.74, 6) is 1.46. The van der Waals surface area contributed by atoms with Crippen LogP contribution in [0.3, 0.4) is 0 Å². The first-order valence-electron chi connectivity index (χ1n) is 9.89. The van der Waals surface area contributed by atoms with Crippen LogP contribution in [0, 0.1) is 6.92 Å². The number of hydrogen-bond donors (Lipinski definition) is 1. The number of benzene rings is 2. The number of carbonyl (C=O) groups is 1. The van der Waals surface area contributed by atoms with Gasteiger partial charge in [-0.15, -0.1) is 11.8 Å². The summed E-state index contributed by atoms with van der Waals surface area (Å²) in [6.45, 7) is 4.24. The zero-order chi connectivity index (χ0) is 20.2. The monoisotopic (exact) mass is 400 g/mol. The molecule has 0 saturated heterocycles. The summed E-state index contributed by atoms with van der Waals surface area (Å²) in [5.41, 5.74) is 4.73. The predicted molar refractivity (Wildman–Crippen MR) is 121 cm³/mol. The van der Waals surface area contributed by atoms with Crippen LogP contribution >= 0.6 is 11.8 Å². The number of aromatic nitrogens is 2. The molecule has 0 bridgehead atoms. The Kier molecular flexibility index (Phi) is 5.81. The molecule has 0 aliphatic carbocycles. The number of nitrogens with zero attached hydrogens (tertiary/aromatic N) is 1. The fourth-order valence-corrected chi connectivity index (χ4v) is 4.80. The van der Waals surface area contributed by atoms with Crippen molar-refractivity contribution in [3.8, 4) is 0 Å². The highest BCUT2D eigenvalue weighted by atomic mass is 32.2. The number of pyridine rings is 1. The maximum absolute atomic E-state index is 13.3. The summed E-state index contributed by atoms with van der Waals surface area (Å²) in [6, 6.07) is 19.9. The molecule has 0 amide bonds. The Morgan fingerprint density at radius 1 is 1.03 bits per heavy atom. The molecule has 1 unspecified atom stereocenters. The molecule has 2 aromatic heterocycles. The Bertz CT molecular complexity index is 1120. The number of rotatable bonds is 7. The number of aromatic amines is 1. The molecule has 0 aliphatic heterocycles. The molecule has 4 aromatic rings. The lowest BCUT2D eigenvalue weighted by atomic mass is 9.91. The molecule has 0 fully saturated rings. The highest BCUT2D eigenvalue weighted by Gasteiger charge is 2.21. The lowest BCUT2D eigenvalue weighted by molar-refractivity contribution is 0.103. The summed E-state index contributed by atoms with van der Waals surface area (Å²) in [5, 5.41) is 1.07. The molecule has 0 saturated carbocycles.